The molecule has 0 aromatic heterocycles. The fraction of sp³-hybridized carbons (Fsp3) is 0.375. The maximum Gasteiger partial charge on any atom is 0.230 e. The molecule has 1 heterocycles. The minimum absolute atomic E-state index is 0.0247. The Morgan fingerprint density at radius 2 is 1.75 bits per heavy atom. The lowest BCUT2D eigenvalue weighted by Gasteiger charge is -2.37. The van der Waals surface area contributed by atoms with Gasteiger partial charge in [-0.2, -0.15) is 0 Å². The van der Waals surface area contributed by atoms with Crippen LogP contribution in [0.1, 0.15) is 25.0 Å². The van der Waals surface area contributed by atoms with E-state index in [2.05, 4.69) is 38.1 Å². The highest BCUT2D eigenvalue weighted by molar-refractivity contribution is 5.82. The Morgan fingerprint density at radius 1 is 1.00 bits per heavy atom. The van der Waals surface area contributed by atoms with E-state index in [4.69, 9.17) is 9.47 Å². The van der Waals surface area contributed by atoms with Crippen molar-refractivity contribution in [3.05, 3.63) is 71.8 Å². The van der Waals surface area contributed by atoms with Gasteiger partial charge in [0, 0.05) is 18.2 Å². The number of hydrogen-bond donors (Lipinski definition) is 0. The Balaban J connectivity index is 1.91. The third-order valence-electron chi connectivity index (χ3n) is 5.35. The first-order chi connectivity index (χ1) is 13.5. The zero-order valence-corrected chi connectivity index (χ0v) is 17.1. The Kier molecular flexibility index (Phi) is 6.40. The third kappa shape index (κ3) is 4.38. The quantitative estimate of drug-likeness (QED) is 0.666. The van der Waals surface area contributed by atoms with Crippen LogP contribution in [0.25, 0.3) is 0 Å². The molecule has 0 bridgehead atoms. The summed E-state index contributed by atoms with van der Waals surface area (Å²) in [6.07, 6.45) is 5.07. The lowest BCUT2D eigenvalue weighted by molar-refractivity contribution is -0.138. The molecule has 3 rings (SSSR count). The Bertz CT molecular complexity index is 829. The van der Waals surface area contributed by atoms with Gasteiger partial charge in [0.2, 0.25) is 5.91 Å². The molecule has 1 aliphatic heterocycles. The van der Waals surface area contributed by atoms with Crippen LogP contribution in [0, 0.1) is 11.8 Å². The highest BCUT2D eigenvalue weighted by Crippen LogP contribution is 2.30. The molecule has 2 atom stereocenters. The second kappa shape index (κ2) is 8.96. The molecule has 0 radical (unpaired) electrons. The number of hydrogen-bond acceptors (Lipinski definition) is 3. The molecule has 4 heteroatoms. The van der Waals surface area contributed by atoms with Crippen molar-refractivity contribution in [2.24, 2.45) is 11.8 Å². The minimum Gasteiger partial charge on any atom is -0.497 e. The smallest absolute Gasteiger partial charge is 0.230 e. The molecule has 2 aromatic carbocycles. The van der Waals surface area contributed by atoms with Gasteiger partial charge in [-0.25, -0.2) is 0 Å². The molecule has 1 amide bonds. The summed E-state index contributed by atoms with van der Waals surface area (Å²) in [6.45, 7) is 4.70. The van der Waals surface area contributed by atoms with Crippen molar-refractivity contribution in [1.82, 2.24) is 4.90 Å². The van der Waals surface area contributed by atoms with Gasteiger partial charge in [-0.15, -0.1) is 0 Å². The molecular formula is C24H29NO3. The summed E-state index contributed by atoms with van der Waals surface area (Å²) in [5.41, 5.74) is 2.20. The number of ether oxygens (including phenoxy) is 2. The second-order valence-electron chi connectivity index (χ2n) is 7.56. The van der Waals surface area contributed by atoms with E-state index < -0.39 is 0 Å². The monoisotopic (exact) mass is 379 g/mol. The van der Waals surface area contributed by atoms with E-state index in [-0.39, 0.29) is 23.8 Å². The maximum atomic E-state index is 13.3. The van der Waals surface area contributed by atoms with Gasteiger partial charge >= 0.3 is 0 Å². The third-order valence-corrected chi connectivity index (χ3v) is 5.35. The van der Waals surface area contributed by atoms with Crippen molar-refractivity contribution >= 4 is 5.91 Å². The van der Waals surface area contributed by atoms with Crippen LogP contribution in [0.15, 0.2) is 60.7 Å². The zero-order chi connectivity index (χ0) is 20.1. The predicted octanol–water partition coefficient (Wildman–Crippen LogP) is 4.49. The normalized spacial score (nSPS) is 19.2. The molecule has 2 aromatic rings. The predicted molar refractivity (Wildman–Crippen MR) is 111 cm³/mol. The lowest BCUT2D eigenvalue weighted by Crippen LogP contribution is -2.47. The van der Waals surface area contributed by atoms with Crippen LogP contribution >= 0.6 is 0 Å². The first-order valence-corrected chi connectivity index (χ1v) is 9.77. The average molecular weight is 380 g/mol. The molecule has 0 unspecified atom stereocenters. The van der Waals surface area contributed by atoms with Crippen molar-refractivity contribution < 1.29 is 14.3 Å². The van der Waals surface area contributed by atoms with Gasteiger partial charge in [-0.1, -0.05) is 56.3 Å². The van der Waals surface area contributed by atoms with E-state index in [1.54, 1.807) is 14.2 Å². The standard InChI is InChI=1S/C24H29NO3/c1-17(2)22-13-11-20(14-18-8-6-5-7-9-18)25(24(22)26)16-19-10-12-21(27-3)15-23(19)28-4/h5-13,15,17,20,22H,14,16H2,1-4H3/t20-,22-/m0/s1. The minimum atomic E-state index is -0.0868. The second-order valence-corrected chi connectivity index (χ2v) is 7.56. The van der Waals surface area contributed by atoms with Gasteiger partial charge in [0.1, 0.15) is 11.5 Å². The summed E-state index contributed by atoms with van der Waals surface area (Å²) in [5.74, 6) is 1.84. The lowest BCUT2D eigenvalue weighted by atomic mass is 9.88. The largest absolute Gasteiger partial charge is 0.497 e. The number of methoxy groups -OCH3 is 2. The Hall–Kier alpha value is -2.75. The molecule has 1 aliphatic rings. The van der Waals surface area contributed by atoms with E-state index in [1.165, 1.54) is 5.56 Å². The topological polar surface area (TPSA) is 38.8 Å². The molecule has 0 N–H and O–H groups in total. The van der Waals surface area contributed by atoms with Gasteiger partial charge in [0.15, 0.2) is 0 Å². The molecule has 0 spiro atoms. The number of benzene rings is 2. The number of carbonyl (C=O) groups excluding carboxylic acids is 1. The van der Waals surface area contributed by atoms with Crippen molar-refractivity contribution in [2.75, 3.05) is 14.2 Å². The summed E-state index contributed by atoms with van der Waals surface area (Å²) in [5, 5.41) is 0. The van der Waals surface area contributed by atoms with Crippen LogP contribution in [-0.2, 0) is 17.8 Å². The van der Waals surface area contributed by atoms with E-state index in [0.29, 0.717) is 6.54 Å². The van der Waals surface area contributed by atoms with Crippen LogP contribution in [0.3, 0.4) is 0 Å². The molecule has 0 fully saturated rings. The molecule has 28 heavy (non-hydrogen) atoms. The highest BCUT2D eigenvalue weighted by Gasteiger charge is 2.33. The molecule has 0 aliphatic carbocycles. The fourth-order valence-electron chi connectivity index (χ4n) is 3.69. The van der Waals surface area contributed by atoms with Crippen molar-refractivity contribution in [3.8, 4) is 11.5 Å². The molecular weight excluding hydrogens is 350 g/mol. The summed E-state index contributed by atoms with van der Waals surface area (Å²) < 4.78 is 10.9. The van der Waals surface area contributed by atoms with Gasteiger partial charge < -0.3 is 14.4 Å². The van der Waals surface area contributed by atoms with Crippen molar-refractivity contribution in [3.63, 3.8) is 0 Å². The van der Waals surface area contributed by atoms with E-state index in [1.807, 2.05) is 41.3 Å². The van der Waals surface area contributed by atoms with Crippen LogP contribution < -0.4 is 9.47 Å². The van der Waals surface area contributed by atoms with E-state index in [0.717, 1.165) is 23.5 Å². The summed E-state index contributed by atoms with van der Waals surface area (Å²) in [7, 11) is 3.28. The van der Waals surface area contributed by atoms with Crippen LogP contribution in [-0.4, -0.2) is 31.1 Å². The van der Waals surface area contributed by atoms with Crippen molar-refractivity contribution in [1.29, 1.82) is 0 Å². The van der Waals surface area contributed by atoms with Gasteiger partial charge in [-0.3, -0.25) is 4.79 Å². The highest BCUT2D eigenvalue weighted by atomic mass is 16.5. The van der Waals surface area contributed by atoms with Crippen molar-refractivity contribution in [2.45, 2.75) is 32.9 Å². The SMILES string of the molecule is COc1ccc(CN2C(=O)[C@H](C(C)C)C=C[C@H]2Cc2ccccc2)c(OC)c1. The van der Waals surface area contributed by atoms with E-state index >= 15 is 0 Å². The first-order valence-electron chi connectivity index (χ1n) is 9.77. The number of amides is 1. The fourth-order valence-corrected chi connectivity index (χ4v) is 3.69. The van der Waals surface area contributed by atoms with Crippen LogP contribution in [0.4, 0.5) is 0 Å². The molecule has 148 valence electrons. The molecule has 4 nitrogen and oxygen atoms in total. The zero-order valence-electron chi connectivity index (χ0n) is 17.1. The van der Waals surface area contributed by atoms with Gasteiger partial charge in [0.25, 0.3) is 0 Å². The number of nitrogens with zero attached hydrogens (tertiary/aromatic N) is 1. The number of carbonyl (C=O) groups is 1. The Labute approximate surface area is 167 Å². The summed E-state index contributed by atoms with van der Waals surface area (Å²) in [4.78, 5) is 15.3. The summed E-state index contributed by atoms with van der Waals surface area (Å²) in [6, 6.07) is 16.1. The van der Waals surface area contributed by atoms with Crippen LogP contribution in [0.5, 0.6) is 11.5 Å². The molecule has 0 saturated heterocycles. The van der Waals surface area contributed by atoms with Gasteiger partial charge in [-0.05, 0) is 30.0 Å². The van der Waals surface area contributed by atoms with Crippen LogP contribution in [0.2, 0.25) is 0 Å². The summed E-state index contributed by atoms with van der Waals surface area (Å²) >= 11 is 0. The maximum absolute atomic E-state index is 13.3. The average Bonchev–Trinajstić information content (AvgIpc) is 2.71. The Morgan fingerprint density at radius 3 is 2.39 bits per heavy atom. The molecule has 0 saturated carbocycles. The van der Waals surface area contributed by atoms with Gasteiger partial charge in [0.05, 0.1) is 26.2 Å². The van der Waals surface area contributed by atoms with E-state index in [9.17, 15) is 4.79 Å². The first kappa shape index (κ1) is 20.0. The number of rotatable bonds is 7.